The molecule has 3 nitrogen and oxygen atoms in total. The first-order chi connectivity index (χ1) is 27.7. The lowest BCUT2D eigenvalue weighted by Gasteiger charge is -2.23. The molecule has 0 aromatic carbocycles. The maximum atomic E-state index is 6.87. The third-order valence-electron chi connectivity index (χ3n) is 12.1. The molecule has 0 aromatic rings. The molecule has 56 heavy (non-hydrogen) atoms. The van der Waals surface area contributed by atoms with E-state index in [1.165, 1.54) is 263 Å². The molecule has 0 saturated carbocycles. The van der Waals surface area contributed by atoms with Gasteiger partial charge in [0.2, 0.25) is 0 Å². The first-order valence-electron chi connectivity index (χ1n) is 26.6. The van der Waals surface area contributed by atoms with Gasteiger partial charge in [0.1, 0.15) is 6.16 Å². The number of unbranched alkanes of at least 4 members (excludes halogenated alkanes) is 40. The molecule has 0 aromatic heterocycles. The zero-order valence-electron chi connectivity index (χ0n) is 39.6. The smallest absolute Gasteiger partial charge is 0.178 e. The van der Waals surface area contributed by atoms with Crippen LogP contribution in [0.3, 0.4) is 0 Å². The summed E-state index contributed by atoms with van der Waals surface area (Å²) in [6.45, 7) is 11.7. The van der Waals surface area contributed by atoms with E-state index in [1.807, 2.05) is 0 Å². The summed E-state index contributed by atoms with van der Waals surface area (Å²) < 4.78 is 20.6. The van der Waals surface area contributed by atoms with E-state index in [0.717, 1.165) is 45.2 Å². The Hall–Kier alpha value is 0.310. The fourth-order valence-electron chi connectivity index (χ4n) is 8.18. The Kier molecular flexibility index (Phi) is 49.9. The van der Waals surface area contributed by atoms with Crippen molar-refractivity contribution in [3.63, 3.8) is 0 Å². The van der Waals surface area contributed by atoms with E-state index in [2.05, 4.69) is 27.7 Å². The molecular weight excluding hydrogens is 704 g/mol. The summed E-state index contributed by atoms with van der Waals surface area (Å²) in [6.07, 6.45) is 61.3. The van der Waals surface area contributed by atoms with Crippen molar-refractivity contribution >= 4 is 7.94 Å². The summed E-state index contributed by atoms with van der Waals surface area (Å²) in [7, 11) is -2.31. The Morgan fingerprint density at radius 3 is 0.554 bits per heavy atom. The topological polar surface area (TPSA) is 27.7 Å². The molecule has 0 amide bonds. The van der Waals surface area contributed by atoms with E-state index >= 15 is 0 Å². The van der Waals surface area contributed by atoms with Crippen LogP contribution in [0.25, 0.3) is 0 Å². The van der Waals surface area contributed by atoms with E-state index in [1.54, 1.807) is 0 Å². The maximum Gasteiger partial charge on any atom is 0.411 e. The molecule has 0 N–H and O–H groups in total. The van der Waals surface area contributed by atoms with Gasteiger partial charge in [0, 0.05) is 0 Å². The molecule has 0 rings (SSSR count). The third kappa shape index (κ3) is 43.9. The maximum absolute atomic E-state index is 6.87. The highest BCUT2D eigenvalue weighted by atomic mass is 31.2. The number of hydrogen-bond donors (Lipinski definition) is 0. The van der Waals surface area contributed by atoms with Crippen LogP contribution in [0, 0.1) is 0 Å². The molecule has 0 aliphatic heterocycles. The lowest BCUT2D eigenvalue weighted by molar-refractivity contribution is 0.130. The highest BCUT2D eigenvalue weighted by molar-refractivity contribution is 7.61. The van der Waals surface area contributed by atoms with Crippen LogP contribution in [-0.4, -0.2) is 26.0 Å². The molecule has 0 heterocycles. The average Bonchev–Trinajstić information content (AvgIpc) is 3.21. The van der Waals surface area contributed by atoms with E-state index < -0.39 is 7.94 Å². The standard InChI is InChI=1S/C52H108O3P/c1-5-9-13-17-21-25-29-33-37-41-45-49-53-56(52-48-44-40-36-32-28-24-20-16-12-8-4,54-50-46-42-38-34-30-26-22-18-14-10-6-2)55-51-47-43-39-35-31-27-23-19-15-11-7-3/h5-52H2,1-4H3/q+1. The van der Waals surface area contributed by atoms with Crippen LogP contribution in [0.1, 0.15) is 310 Å². The Bertz CT molecular complexity index is 618. The molecule has 0 spiro atoms. The highest BCUT2D eigenvalue weighted by Crippen LogP contribution is 2.63. The second-order valence-corrected chi connectivity index (χ2v) is 20.4. The quantitative estimate of drug-likeness (QED) is 0.0452. The Balaban J connectivity index is 4.90. The zero-order valence-corrected chi connectivity index (χ0v) is 40.5. The van der Waals surface area contributed by atoms with Gasteiger partial charge in [-0.05, 0) is 32.1 Å². The summed E-state index contributed by atoms with van der Waals surface area (Å²) >= 11 is 0. The van der Waals surface area contributed by atoms with Crippen molar-refractivity contribution in [2.75, 3.05) is 26.0 Å². The normalized spacial score (nSPS) is 12.0. The summed E-state index contributed by atoms with van der Waals surface area (Å²) in [5, 5.41) is 0. The van der Waals surface area contributed by atoms with Crippen molar-refractivity contribution in [2.45, 2.75) is 310 Å². The third-order valence-corrected chi connectivity index (χ3v) is 14.7. The second kappa shape index (κ2) is 49.7. The van der Waals surface area contributed by atoms with Crippen LogP contribution in [0.2, 0.25) is 0 Å². The predicted molar refractivity (Wildman–Crippen MR) is 255 cm³/mol. The molecule has 0 aliphatic rings. The fraction of sp³-hybridized carbons (Fsp3) is 1.00. The van der Waals surface area contributed by atoms with E-state index in [0.29, 0.717) is 0 Å². The lowest BCUT2D eigenvalue weighted by atomic mass is 10.1. The monoisotopic (exact) mass is 812 g/mol. The molecule has 0 fully saturated rings. The SMILES string of the molecule is CCCCCCCCCCCCCO[P+](CCCCCCCCCCCCC)(OCCCCCCCCCCCCC)OCCCCCCCCCCCCC. The lowest BCUT2D eigenvalue weighted by Crippen LogP contribution is -2.14. The molecule has 0 unspecified atom stereocenters. The second-order valence-electron chi connectivity index (χ2n) is 18.0. The number of hydrogen-bond acceptors (Lipinski definition) is 3. The molecule has 0 radical (unpaired) electrons. The minimum atomic E-state index is -2.31. The molecular formula is C52H108O3P+. The minimum Gasteiger partial charge on any atom is -0.178 e. The van der Waals surface area contributed by atoms with Gasteiger partial charge in [-0.2, -0.15) is 13.6 Å². The van der Waals surface area contributed by atoms with Gasteiger partial charge in [-0.15, -0.1) is 0 Å². The van der Waals surface area contributed by atoms with Gasteiger partial charge in [-0.1, -0.05) is 278 Å². The van der Waals surface area contributed by atoms with Crippen molar-refractivity contribution < 1.29 is 13.6 Å². The van der Waals surface area contributed by atoms with Crippen LogP contribution in [0.15, 0.2) is 0 Å². The minimum absolute atomic E-state index is 0.819. The summed E-state index contributed by atoms with van der Waals surface area (Å²) in [4.78, 5) is 0. The van der Waals surface area contributed by atoms with Gasteiger partial charge in [-0.3, -0.25) is 0 Å². The van der Waals surface area contributed by atoms with Crippen LogP contribution in [-0.2, 0) is 13.6 Å². The van der Waals surface area contributed by atoms with Crippen molar-refractivity contribution in [3.05, 3.63) is 0 Å². The van der Waals surface area contributed by atoms with E-state index in [4.69, 9.17) is 13.6 Å². The zero-order chi connectivity index (χ0) is 40.6. The van der Waals surface area contributed by atoms with Crippen LogP contribution in [0.5, 0.6) is 0 Å². The van der Waals surface area contributed by atoms with E-state index in [-0.39, 0.29) is 0 Å². The van der Waals surface area contributed by atoms with Gasteiger partial charge in [0.05, 0.1) is 19.8 Å². The largest absolute Gasteiger partial charge is 0.411 e. The van der Waals surface area contributed by atoms with Gasteiger partial charge in [0.25, 0.3) is 0 Å². The Morgan fingerprint density at radius 2 is 0.357 bits per heavy atom. The number of rotatable bonds is 51. The molecule has 338 valence electrons. The van der Waals surface area contributed by atoms with E-state index in [9.17, 15) is 0 Å². The van der Waals surface area contributed by atoms with Crippen LogP contribution >= 0.6 is 7.94 Å². The molecule has 0 aliphatic carbocycles. The average molecular weight is 812 g/mol. The van der Waals surface area contributed by atoms with Gasteiger partial charge in [-0.25, -0.2) is 0 Å². The first-order valence-corrected chi connectivity index (χ1v) is 28.3. The Labute approximate surface area is 356 Å². The van der Waals surface area contributed by atoms with Gasteiger partial charge < -0.3 is 0 Å². The van der Waals surface area contributed by atoms with Crippen molar-refractivity contribution in [1.29, 1.82) is 0 Å². The Morgan fingerprint density at radius 1 is 0.196 bits per heavy atom. The first kappa shape index (κ1) is 56.3. The van der Waals surface area contributed by atoms with Gasteiger partial charge >= 0.3 is 7.94 Å². The van der Waals surface area contributed by atoms with Crippen LogP contribution < -0.4 is 0 Å². The van der Waals surface area contributed by atoms with Crippen LogP contribution in [0.4, 0.5) is 0 Å². The van der Waals surface area contributed by atoms with Crippen molar-refractivity contribution in [2.24, 2.45) is 0 Å². The molecule has 0 saturated heterocycles. The molecule has 0 atom stereocenters. The fourth-order valence-corrected chi connectivity index (χ4v) is 10.6. The predicted octanol–water partition coefficient (Wildman–Crippen LogP) is 20.0. The summed E-state index contributed by atoms with van der Waals surface area (Å²) in [5.41, 5.74) is 0. The summed E-state index contributed by atoms with van der Waals surface area (Å²) in [6, 6.07) is 0. The molecule has 0 bridgehead atoms. The van der Waals surface area contributed by atoms with Crippen molar-refractivity contribution in [3.8, 4) is 0 Å². The van der Waals surface area contributed by atoms with Crippen molar-refractivity contribution in [1.82, 2.24) is 0 Å². The highest BCUT2D eigenvalue weighted by Gasteiger charge is 2.44. The van der Waals surface area contributed by atoms with Gasteiger partial charge in [0.15, 0.2) is 0 Å². The molecule has 4 heteroatoms. The summed E-state index contributed by atoms with van der Waals surface area (Å²) in [5.74, 6) is 0.